The van der Waals surface area contributed by atoms with Crippen LogP contribution in [0.4, 0.5) is 0 Å². The van der Waals surface area contributed by atoms with Gasteiger partial charge in [-0.1, -0.05) is 0 Å². The lowest BCUT2D eigenvalue weighted by Crippen LogP contribution is -2.04. The summed E-state index contributed by atoms with van der Waals surface area (Å²) in [6.45, 7) is 0.767. The van der Waals surface area contributed by atoms with E-state index in [1.807, 2.05) is 0 Å². The standard InChI is InChI=1S/C5H8O2/c6-4-5-2-1-3-7-5/h4-5H,1-3H2/t5-/m0/s1. The lowest BCUT2D eigenvalue weighted by Gasteiger charge is -1.93. The third-order valence-corrected chi connectivity index (χ3v) is 1.12. The van der Waals surface area contributed by atoms with E-state index in [2.05, 4.69) is 0 Å². The van der Waals surface area contributed by atoms with Crippen molar-refractivity contribution in [1.82, 2.24) is 0 Å². The van der Waals surface area contributed by atoms with Gasteiger partial charge < -0.3 is 9.53 Å². The largest absolute Gasteiger partial charge is 0.371 e. The maximum Gasteiger partial charge on any atom is 0.148 e. The molecule has 1 aliphatic rings. The predicted molar refractivity (Wildman–Crippen MR) is 25.0 cm³/mol. The molecule has 2 heteroatoms. The molecule has 0 aliphatic carbocycles. The second-order valence-corrected chi connectivity index (χ2v) is 1.69. The summed E-state index contributed by atoms with van der Waals surface area (Å²) in [4.78, 5) is 9.88. The van der Waals surface area contributed by atoms with Gasteiger partial charge in [0.05, 0.1) is 0 Å². The smallest absolute Gasteiger partial charge is 0.148 e. The van der Waals surface area contributed by atoms with Crippen LogP contribution in [0.2, 0.25) is 0 Å². The number of rotatable bonds is 1. The number of ether oxygens (including phenoxy) is 1. The number of carbonyl (C=O) groups excluding carboxylic acids is 1. The summed E-state index contributed by atoms with van der Waals surface area (Å²) in [5, 5.41) is 0. The number of carbonyl (C=O) groups is 1. The van der Waals surface area contributed by atoms with Crippen LogP contribution < -0.4 is 0 Å². The van der Waals surface area contributed by atoms with Crippen LogP contribution >= 0.6 is 0 Å². The molecule has 1 fully saturated rings. The number of hydrogen-bond donors (Lipinski definition) is 0. The average Bonchev–Trinajstić information content (AvgIpc) is 2.14. The molecule has 0 spiro atoms. The highest BCUT2D eigenvalue weighted by Crippen LogP contribution is 2.08. The molecule has 40 valence electrons. The molecule has 7 heavy (non-hydrogen) atoms. The lowest BCUT2D eigenvalue weighted by atomic mass is 10.3. The van der Waals surface area contributed by atoms with Crippen LogP contribution in [-0.2, 0) is 9.53 Å². The topological polar surface area (TPSA) is 26.3 Å². The monoisotopic (exact) mass is 100 g/mol. The molecule has 1 rings (SSSR count). The van der Waals surface area contributed by atoms with E-state index in [-0.39, 0.29) is 6.10 Å². The normalized spacial score (nSPS) is 30.6. The van der Waals surface area contributed by atoms with Crippen LogP contribution in [-0.4, -0.2) is 19.0 Å². The summed E-state index contributed by atoms with van der Waals surface area (Å²) >= 11 is 0. The molecule has 0 bridgehead atoms. The zero-order valence-electron chi connectivity index (χ0n) is 4.09. The highest BCUT2D eigenvalue weighted by molar-refractivity contribution is 5.56. The van der Waals surface area contributed by atoms with E-state index in [1.165, 1.54) is 0 Å². The Bertz CT molecular complexity index is 64.5. The minimum Gasteiger partial charge on any atom is -0.371 e. The van der Waals surface area contributed by atoms with Crippen LogP contribution in [0.1, 0.15) is 12.8 Å². The van der Waals surface area contributed by atoms with Crippen molar-refractivity contribution in [1.29, 1.82) is 0 Å². The van der Waals surface area contributed by atoms with Gasteiger partial charge in [0.25, 0.3) is 0 Å². The van der Waals surface area contributed by atoms with Gasteiger partial charge in [0.1, 0.15) is 12.4 Å². The summed E-state index contributed by atoms with van der Waals surface area (Å²) in [5.74, 6) is 0. The van der Waals surface area contributed by atoms with Gasteiger partial charge in [0.2, 0.25) is 0 Å². The van der Waals surface area contributed by atoms with Crippen LogP contribution in [0.3, 0.4) is 0 Å². The zero-order valence-corrected chi connectivity index (χ0v) is 4.09. The first-order chi connectivity index (χ1) is 3.43. The van der Waals surface area contributed by atoms with Crippen molar-refractivity contribution in [2.24, 2.45) is 0 Å². The first-order valence-electron chi connectivity index (χ1n) is 2.50. The van der Waals surface area contributed by atoms with Crippen molar-refractivity contribution in [2.75, 3.05) is 6.61 Å². The van der Waals surface area contributed by atoms with Gasteiger partial charge in [-0.05, 0) is 12.8 Å². The van der Waals surface area contributed by atoms with Gasteiger partial charge in [0.15, 0.2) is 0 Å². The summed E-state index contributed by atoms with van der Waals surface area (Å²) in [6, 6.07) is 0. The fraction of sp³-hybridized carbons (Fsp3) is 0.800. The van der Waals surface area contributed by atoms with Gasteiger partial charge >= 0.3 is 0 Å². The maximum absolute atomic E-state index is 9.88. The summed E-state index contributed by atoms with van der Waals surface area (Å²) in [6.07, 6.45) is 2.75. The SMILES string of the molecule is O=C[C@@H]1CCCO1. The second kappa shape index (κ2) is 2.07. The fourth-order valence-corrected chi connectivity index (χ4v) is 0.710. The van der Waals surface area contributed by atoms with Crippen molar-refractivity contribution in [2.45, 2.75) is 18.9 Å². The Kier molecular flexibility index (Phi) is 1.42. The van der Waals surface area contributed by atoms with Crippen LogP contribution in [0.15, 0.2) is 0 Å². The molecule has 0 aromatic carbocycles. The minimum atomic E-state index is -0.0833. The Labute approximate surface area is 42.5 Å². The molecule has 0 saturated carbocycles. The molecule has 2 nitrogen and oxygen atoms in total. The van der Waals surface area contributed by atoms with E-state index in [0.29, 0.717) is 0 Å². The Morgan fingerprint density at radius 3 is 2.86 bits per heavy atom. The zero-order chi connectivity index (χ0) is 5.11. The number of aldehydes is 1. The number of hydrogen-bond acceptors (Lipinski definition) is 2. The molecule has 0 amide bonds. The lowest BCUT2D eigenvalue weighted by molar-refractivity contribution is -0.115. The third kappa shape index (κ3) is 0.996. The molecule has 0 radical (unpaired) electrons. The minimum absolute atomic E-state index is 0.0833. The van der Waals surface area contributed by atoms with Crippen LogP contribution in [0.25, 0.3) is 0 Å². The molecule has 1 heterocycles. The Morgan fingerprint density at radius 2 is 2.57 bits per heavy atom. The van der Waals surface area contributed by atoms with E-state index in [9.17, 15) is 4.79 Å². The second-order valence-electron chi connectivity index (χ2n) is 1.69. The molecule has 1 aliphatic heterocycles. The van der Waals surface area contributed by atoms with Crippen molar-refractivity contribution in [3.63, 3.8) is 0 Å². The Hall–Kier alpha value is -0.370. The van der Waals surface area contributed by atoms with E-state index < -0.39 is 0 Å². The van der Waals surface area contributed by atoms with Gasteiger partial charge in [0, 0.05) is 6.61 Å². The van der Waals surface area contributed by atoms with Crippen molar-refractivity contribution in [3.05, 3.63) is 0 Å². The molecule has 1 saturated heterocycles. The van der Waals surface area contributed by atoms with Crippen molar-refractivity contribution >= 4 is 6.29 Å². The highest BCUT2D eigenvalue weighted by Gasteiger charge is 2.12. The quantitative estimate of drug-likeness (QED) is 0.445. The first-order valence-corrected chi connectivity index (χ1v) is 2.50. The summed E-state index contributed by atoms with van der Waals surface area (Å²) in [7, 11) is 0. The van der Waals surface area contributed by atoms with E-state index in [0.717, 1.165) is 25.7 Å². The first kappa shape index (κ1) is 4.78. The van der Waals surface area contributed by atoms with Crippen LogP contribution in [0, 0.1) is 0 Å². The van der Waals surface area contributed by atoms with Crippen molar-refractivity contribution in [3.8, 4) is 0 Å². The predicted octanol–water partition coefficient (Wildman–Crippen LogP) is 0.364. The van der Waals surface area contributed by atoms with Gasteiger partial charge in [-0.2, -0.15) is 0 Å². The average molecular weight is 100 g/mol. The van der Waals surface area contributed by atoms with Gasteiger partial charge in [-0.3, -0.25) is 0 Å². The molecule has 1 atom stereocenters. The highest BCUT2D eigenvalue weighted by atomic mass is 16.5. The van der Waals surface area contributed by atoms with Crippen molar-refractivity contribution < 1.29 is 9.53 Å². The molecular weight excluding hydrogens is 92.1 g/mol. The Morgan fingerprint density at radius 1 is 1.71 bits per heavy atom. The van der Waals surface area contributed by atoms with E-state index >= 15 is 0 Å². The maximum atomic E-state index is 9.88. The summed E-state index contributed by atoms with van der Waals surface area (Å²) in [5.41, 5.74) is 0. The van der Waals surface area contributed by atoms with Gasteiger partial charge in [-0.25, -0.2) is 0 Å². The van der Waals surface area contributed by atoms with E-state index in [1.54, 1.807) is 0 Å². The van der Waals surface area contributed by atoms with E-state index in [4.69, 9.17) is 4.74 Å². The molecular formula is C5H8O2. The fourth-order valence-electron chi connectivity index (χ4n) is 0.710. The van der Waals surface area contributed by atoms with Crippen LogP contribution in [0.5, 0.6) is 0 Å². The summed E-state index contributed by atoms with van der Waals surface area (Å²) < 4.78 is 4.93. The molecule has 0 aromatic rings. The Balaban J connectivity index is 2.26. The van der Waals surface area contributed by atoms with Gasteiger partial charge in [-0.15, -0.1) is 0 Å². The molecule has 0 aromatic heterocycles. The molecule has 0 unspecified atom stereocenters. The molecule has 0 N–H and O–H groups in total. The third-order valence-electron chi connectivity index (χ3n) is 1.12.